The first-order valence-corrected chi connectivity index (χ1v) is 8.78. The lowest BCUT2D eigenvalue weighted by Gasteiger charge is -2.21. The minimum absolute atomic E-state index is 0.0966. The van der Waals surface area contributed by atoms with Crippen LogP contribution in [0.1, 0.15) is 32.1 Å². The Bertz CT molecular complexity index is 731. The molecular formula is C18H19NO3S. The van der Waals surface area contributed by atoms with Crippen LogP contribution in [0.2, 0.25) is 0 Å². The maximum atomic E-state index is 12.6. The zero-order valence-corrected chi connectivity index (χ0v) is 13.9. The summed E-state index contributed by atoms with van der Waals surface area (Å²) in [6.07, 6.45) is 3.47. The highest BCUT2D eigenvalue weighted by atomic mass is 32.1. The largest absolute Gasteiger partial charge is 0.486 e. The number of ether oxygens (including phenoxy) is 2. The van der Waals surface area contributed by atoms with E-state index in [0.29, 0.717) is 19.8 Å². The Morgan fingerprint density at radius 2 is 2.00 bits per heavy atom. The monoisotopic (exact) mass is 329 g/mol. The van der Waals surface area contributed by atoms with E-state index in [1.165, 1.54) is 16.9 Å². The molecule has 1 aromatic carbocycles. The lowest BCUT2D eigenvalue weighted by Crippen LogP contribution is -2.25. The van der Waals surface area contributed by atoms with Crippen LogP contribution in [0.4, 0.5) is 0 Å². The summed E-state index contributed by atoms with van der Waals surface area (Å²) in [4.78, 5) is 16.6. The molecule has 4 nitrogen and oxygen atoms in total. The van der Waals surface area contributed by atoms with Gasteiger partial charge >= 0.3 is 0 Å². The molecule has 0 bridgehead atoms. The summed E-state index contributed by atoms with van der Waals surface area (Å²) in [6.45, 7) is 1.73. The number of rotatable bonds is 3. The Labute approximate surface area is 139 Å². The van der Waals surface area contributed by atoms with Crippen molar-refractivity contribution in [2.24, 2.45) is 0 Å². The number of carbonyl (C=O) groups is 1. The SMILES string of the molecule is CN(Cc1ccc2c(c1)OCCO2)C(=O)c1cc2c(s1)CCC2. The van der Waals surface area contributed by atoms with Crippen LogP contribution in [-0.4, -0.2) is 31.1 Å². The van der Waals surface area contributed by atoms with Crippen LogP contribution in [0.3, 0.4) is 0 Å². The van der Waals surface area contributed by atoms with Crippen molar-refractivity contribution in [3.63, 3.8) is 0 Å². The number of nitrogens with zero attached hydrogens (tertiary/aromatic N) is 1. The summed E-state index contributed by atoms with van der Waals surface area (Å²) in [5.74, 6) is 1.65. The van der Waals surface area contributed by atoms with Gasteiger partial charge in [-0.2, -0.15) is 0 Å². The van der Waals surface area contributed by atoms with Gasteiger partial charge in [0.05, 0.1) is 4.88 Å². The molecule has 0 fully saturated rings. The Hall–Kier alpha value is -2.01. The van der Waals surface area contributed by atoms with Crippen LogP contribution >= 0.6 is 11.3 Å². The minimum Gasteiger partial charge on any atom is -0.486 e. The van der Waals surface area contributed by atoms with Gasteiger partial charge in [-0.3, -0.25) is 4.79 Å². The van der Waals surface area contributed by atoms with E-state index in [9.17, 15) is 4.79 Å². The fraction of sp³-hybridized carbons (Fsp3) is 0.389. The molecule has 0 saturated heterocycles. The van der Waals surface area contributed by atoms with Gasteiger partial charge in [0, 0.05) is 18.5 Å². The summed E-state index contributed by atoms with van der Waals surface area (Å²) in [6, 6.07) is 7.95. The average Bonchev–Trinajstić information content (AvgIpc) is 3.15. The molecule has 0 saturated carbocycles. The van der Waals surface area contributed by atoms with Gasteiger partial charge in [0.25, 0.3) is 5.91 Å². The van der Waals surface area contributed by atoms with Crippen molar-refractivity contribution in [1.82, 2.24) is 4.90 Å². The van der Waals surface area contributed by atoms with E-state index in [0.717, 1.165) is 34.8 Å². The quantitative estimate of drug-likeness (QED) is 0.867. The second-order valence-corrected chi connectivity index (χ2v) is 7.19. The van der Waals surface area contributed by atoms with E-state index >= 15 is 0 Å². The van der Waals surface area contributed by atoms with Crippen molar-refractivity contribution in [3.05, 3.63) is 45.1 Å². The zero-order chi connectivity index (χ0) is 15.8. The second kappa shape index (κ2) is 5.89. The maximum absolute atomic E-state index is 12.6. The summed E-state index contributed by atoms with van der Waals surface area (Å²) >= 11 is 1.66. The van der Waals surface area contributed by atoms with Crippen LogP contribution in [0.25, 0.3) is 0 Å². The molecule has 4 rings (SSSR count). The van der Waals surface area contributed by atoms with Gasteiger partial charge in [-0.1, -0.05) is 6.07 Å². The smallest absolute Gasteiger partial charge is 0.263 e. The molecule has 0 radical (unpaired) electrons. The first-order valence-electron chi connectivity index (χ1n) is 7.96. The Kier molecular flexibility index (Phi) is 3.73. The topological polar surface area (TPSA) is 38.8 Å². The number of aryl methyl sites for hydroxylation is 2. The Morgan fingerprint density at radius 3 is 2.83 bits per heavy atom. The molecule has 0 unspecified atom stereocenters. The molecule has 5 heteroatoms. The molecule has 2 aromatic rings. The third-order valence-electron chi connectivity index (χ3n) is 4.33. The third kappa shape index (κ3) is 2.81. The van der Waals surface area contributed by atoms with E-state index in [4.69, 9.17) is 9.47 Å². The normalized spacial score (nSPS) is 15.3. The van der Waals surface area contributed by atoms with E-state index in [1.54, 1.807) is 16.2 Å². The Morgan fingerprint density at radius 1 is 1.17 bits per heavy atom. The molecule has 120 valence electrons. The number of hydrogen-bond acceptors (Lipinski definition) is 4. The molecule has 1 aliphatic heterocycles. The van der Waals surface area contributed by atoms with Gasteiger partial charge in [0.1, 0.15) is 13.2 Å². The molecule has 0 spiro atoms. The van der Waals surface area contributed by atoms with Crippen molar-refractivity contribution >= 4 is 17.2 Å². The van der Waals surface area contributed by atoms with Crippen molar-refractivity contribution in [2.45, 2.75) is 25.8 Å². The fourth-order valence-corrected chi connectivity index (χ4v) is 4.40. The van der Waals surface area contributed by atoms with Gasteiger partial charge in [0.15, 0.2) is 11.5 Å². The average molecular weight is 329 g/mol. The van der Waals surface area contributed by atoms with Crippen LogP contribution in [0.5, 0.6) is 11.5 Å². The number of hydrogen-bond donors (Lipinski definition) is 0. The van der Waals surface area contributed by atoms with Crippen molar-refractivity contribution in [2.75, 3.05) is 20.3 Å². The van der Waals surface area contributed by atoms with E-state index in [2.05, 4.69) is 6.07 Å². The lowest BCUT2D eigenvalue weighted by atomic mass is 10.1. The summed E-state index contributed by atoms with van der Waals surface area (Å²) in [5, 5.41) is 0. The van der Waals surface area contributed by atoms with Gasteiger partial charge in [-0.25, -0.2) is 0 Å². The van der Waals surface area contributed by atoms with Crippen molar-refractivity contribution in [3.8, 4) is 11.5 Å². The number of thiophene rings is 1. The van der Waals surface area contributed by atoms with Crippen LogP contribution in [-0.2, 0) is 19.4 Å². The van der Waals surface area contributed by atoms with Gasteiger partial charge in [0.2, 0.25) is 0 Å². The molecule has 0 N–H and O–H groups in total. The summed E-state index contributed by atoms with van der Waals surface area (Å²) < 4.78 is 11.1. The summed E-state index contributed by atoms with van der Waals surface area (Å²) in [5.41, 5.74) is 2.42. The molecule has 0 atom stereocenters. The highest BCUT2D eigenvalue weighted by Crippen LogP contribution is 2.33. The maximum Gasteiger partial charge on any atom is 0.263 e. The molecule has 1 aliphatic carbocycles. The highest BCUT2D eigenvalue weighted by molar-refractivity contribution is 7.14. The van der Waals surface area contributed by atoms with E-state index in [-0.39, 0.29) is 5.91 Å². The highest BCUT2D eigenvalue weighted by Gasteiger charge is 2.21. The zero-order valence-electron chi connectivity index (χ0n) is 13.1. The number of fused-ring (bicyclic) bond motifs is 2. The third-order valence-corrected chi connectivity index (χ3v) is 5.56. The minimum atomic E-state index is 0.0966. The first-order chi connectivity index (χ1) is 11.2. The lowest BCUT2D eigenvalue weighted by molar-refractivity contribution is 0.0789. The Balaban J connectivity index is 1.48. The standard InChI is InChI=1S/C18H19NO3S/c1-19(18(20)17-10-13-3-2-4-16(13)23-17)11-12-5-6-14-15(9-12)22-8-7-21-14/h5-6,9-10H,2-4,7-8,11H2,1H3. The second-order valence-electron chi connectivity index (χ2n) is 6.05. The van der Waals surface area contributed by atoms with Gasteiger partial charge < -0.3 is 14.4 Å². The first kappa shape index (κ1) is 14.6. The summed E-state index contributed by atoms with van der Waals surface area (Å²) in [7, 11) is 1.85. The molecular weight excluding hydrogens is 310 g/mol. The van der Waals surface area contributed by atoms with Crippen LogP contribution < -0.4 is 9.47 Å². The van der Waals surface area contributed by atoms with Crippen LogP contribution in [0.15, 0.2) is 24.3 Å². The van der Waals surface area contributed by atoms with Gasteiger partial charge in [-0.15, -0.1) is 11.3 Å². The predicted octanol–water partition coefficient (Wildman–Crippen LogP) is 3.28. The molecule has 2 aliphatic rings. The number of benzene rings is 1. The van der Waals surface area contributed by atoms with Crippen LogP contribution in [0, 0.1) is 0 Å². The number of amides is 1. The molecule has 1 aromatic heterocycles. The fourth-order valence-electron chi connectivity index (χ4n) is 3.15. The number of carbonyl (C=O) groups excluding carboxylic acids is 1. The molecule has 2 heterocycles. The molecule has 23 heavy (non-hydrogen) atoms. The molecule has 1 amide bonds. The van der Waals surface area contributed by atoms with E-state index < -0.39 is 0 Å². The predicted molar refractivity (Wildman–Crippen MR) is 89.6 cm³/mol. The van der Waals surface area contributed by atoms with Crippen molar-refractivity contribution in [1.29, 1.82) is 0 Å². The van der Waals surface area contributed by atoms with E-state index in [1.807, 2.05) is 25.2 Å². The van der Waals surface area contributed by atoms with Gasteiger partial charge in [-0.05, 0) is 48.6 Å². The van der Waals surface area contributed by atoms with Crippen molar-refractivity contribution < 1.29 is 14.3 Å².